The van der Waals surface area contributed by atoms with Crippen molar-refractivity contribution in [2.24, 2.45) is 0 Å². The van der Waals surface area contributed by atoms with Crippen LogP contribution in [0.25, 0.3) is 0 Å². The SMILES string of the molecule is CCCCS(=O)(=O)N[C@H](CO)c1ccccc1. The normalized spacial score (nSPS) is 13.5. The molecule has 0 amide bonds. The summed E-state index contributed by atoms with van der Waals surface area (Å²) >= 11 is 0. The summed E-state index contributed by atoms with van der Waals surface area (Å²) in [5.41, 5.74) is 0.773. The van der Waals surface area contributed by atoms with E-state index >= 15 is 0 Å². The Balaban J connectivity index is 2.71. The molecule has 2 N–H and O–H groups in total. The van der Waals surface area contributed by atoms with Crippen molar-refractivity contribution < 1.29 is 13.5 Å². The van der Waals surface area contributed by atoms with Crippen LogP contribution in [-0.2, 0) is 10.0 Å². The third kappa shape index (κ3) is 4.85. The van der Waals surface area contributed by atoms with Crippen LogP contribution in [-0.4, -0.2) is 25.9 Å². The van der Waals surface area contributed by atoms with E-state index in [0.717, 1.165) is 12.0 Å². The Morgan fingerprint density at radius 3 is 2.47 bits per heavy atom. The zero-order chi connectivity index (χ0) is 12.7. The first kappa shape index (κ1) is 14.2. The summed E-state index contributed by atoms with van der Waals surface area (Å²) in [5.74, 6) is 0.104. The molecule has 0 aliphatic heterocycles. The molecule has 1 aromatic rings. The third-order valence-electron chi connectivity index (χ3n) is 2.47. The van der Waals surface area contributed by atoms with Gasteiger partial charge in [0.25, 0.3) is 0 Å². The average molecular weight is 257 g/mol. The van der Waals surface area contributed by atoms with E-state index in [1.54, 1.807) is 12.1 Å². The predicted molar refractivity (Wildman–Crippen MR) is 68.1 cm³/mol. The first-order valence-corrected chi connectivity index (χ1v) is 7.40. The molecule has 5 heteroatoms. The van der Waals surface area contributed by atoms with Gasteiger partial charge in [-0.25, -0.2) is 13.1 Å². The molecule has 17 heavy (non-hydrogen) atoms. The minimum atomic E-state index is -3.31. The number of unbranched alkanes of at least 4 members (excludes halogenated alkanes) is 1. The molecule has 0 unspecified atom stereocenters. The summed E-state index contributed by atoms with van der Waals surface area (Å²) in [6.45, 7) is 1.70. The Bertz CT molecular complexity index is 417. The molecule has 1 aromatic carbocycles. The summed E-state index contributed by atoms with van der Waals surface area (Å²) < 4.78 is 25.9. The van der Waals surface area contributed by atoms with Gasteiger partial charge in [-0.2, -0.15) is 0 Å². The number of hydrogen-bond acceptors (Lipinski definition) is 3. The Morgan fingerprint density at radius 1 is 1.29 bits per heavy atom. The van der Waals surface area contributed by atoms with E-state index in [1.807, 2.05) is 25.1 Å². The number of benzene rings is 1. The number of nitrogens with one attached hydrogen (secondary N) is 1. The maximum atomic E-state index is 11.7. The smallest absolute Gasteiger partial charge is 0.212 e. The van der Waals surface area contributed by atoms with Crippen molar-refractivity contribution in [3.63, 3.8) is 0 Å². The van der Waals surface area contributed by atoms with Crippen molar-refractivity contribution in [2.75, 3.05) is 12.4 Å². The zero-order valence-electron chi connectivity index (χ0n) is 9.96. The molecular formula is C12H19NO3S. The van der Waals surface area contributed by atoms with E-state index in [9.17, 15) is 13.5 Å². The second kappa shape index (κ2) is 6.74. The monoisotopic (exact) mass is 257 g/mol. The minimum absolute atomic E-state index is 0.104. The molecule has 0 aromatic heterocycles. The van der Waals surface area contributed by atoms with Gasteiger partial charge in [0.2, 0.25) is 10.0 Å². The molecule has 1 rings (SSSR count). The fourth-order valence-electron chi connectivity index (χ4n) is 1.51. The summed E-state index contributed by atoms with van der Waals surface area (Å²) in [6, 6.07) is 8.52. The van der Waals surface area contributed by atoms with Gasteiger partial charge in [0, 0.05) is 0 Å². The Morgan fingerprint density at radius 2 is 1.94 bits per heavy atom. The Hall–Kier alpha value is -0.910. The van der Waals surface area contributed by atoms with Crippen molar-refractivity contribution in [3.8, 4) is 0 Å². The van der Waals surface area contributed by atoms with Gasteiger partial charge >= 0.3 is 0 Å². The summed E-state index contributed by atoms with van der Waals surface area (Å²) in [4.78, 5) is 0. The first-order valence-electron chi connectivity index (χ1n) is 5.75. The van der Waals surface area contributed by atoms with Gasteiger partial charge in [-0.3, -0.25) is 0 Å². The number of sulfonamides is 1. The number of rotatable bonds is 7. The van der Waals surface area contributed by atoms with Gasteiger partial charge in [-0.1, -0.05) is 43.7 Å². The van der Waals surface area contributed by atoms with Crippen molar-refractivity contribution in [1.29, 1.82) is 0 Å². The first-order chi connectivity index (χ1) is 8.09. The quantitative estimate of drug-likeness (QED) is 0.776. The highest BCUT2D eigenvalue weighted by Gasteiger charge is 2.17. The summed E-state index contributed by atoms with van der Waals surface area (Å²) in [7, 11) is -3.31. The Labute approximate surface area is 103 Å². The predicted octanol–water partition coefficient (Wildman–Crippen LogP) is 1.44. The molecule has 0 aliphatic carbocycles. The fourth-order valence-corrected chi connectivity index (χ4v) is 2.94. The van der Waals surface area contributed by atoms with Crippen LogP contribution in [0.2, 0.25) is 0 Å². The lowest BCUT2D eigenvalue weighted by Crippen LogP contribution is -2.32. The maximum Gasteiger partial charge on any atom is 0.212 e. The van der Waals surface area contributed by atoms with Crippen LogP contribution >= 0.6 is 0 Å². The number of aliphatic hydroxyl groups excluding tert-OH is 1. The number of aliphatic hydroxyl groups is 1. The van der Waals surface area contributed by atoms with Crippen molar-refractivity contribution >= 4 is 10.0 Å². The second-order valence-corrected chi connectivity index (χ2v) is 5.81. The average Bonchev–Trinajstić information content (AvgIpc) is 2.35. The molecule has 0 spiro atoms. The lowest BCUT2D eigenvalue weighted by atomic mass is 10.1. The highest BCUT2D eigenvalue weighted by Crippen LogP contribution is 2.13. The van der Waals surface area contributed by atoms with Gasteiger partial charge in [0.1, 0.15) is 0 Å². The maximum absolute atomic E-state index is 11.7. The van der Waals surface area contributed by atoms with Crippen LogP contribution in [0.3, 0.4) is 0 Å². The fraction of sp³-hybridized carbons (Fsp3) is 0.500. The number of hydrogen-bond donors (Lipinski definition) is 2. The zero-order valence-corrected chi connectivity index (χ0v) is 10.8. The molecule has 0 aliphatic rings. The van der Waals surface area contributed by atoms with E-state index < -0.39 is 16.1 Å². The standard InChI is InChI=1S/C12H19NO3S/c1-2-3-9-17(15,16)13-12(10-14)11-7-5-4-6-8-11/h4-8,12-14H,2-3,9-10H2,1H3/t12-/m1/s1. The van der Waals surface area contributed by atoms with E-state index in [1.165, 1.54) is 0 Å². The van der Waals surface area contributed by atoms with E-state index in [0.29, 0.717) is 6.42 Å². The molecule has 0 saturated carbocycles. The van der Waals surface area contributed by atoms with Crippen molar-refractivity contribution in [3.05, 3.63) is 35.9 Å². The van der Waals surface area contributed by atoms with Crippen LogP contribution in [0, 0.1) is 0 Å². The lowest BCUT2D eigenvalue weighted by Gasteiger charge is -2.16. The van der Waals surface area contributed by atoms with Gasteiger partial charge in [0.15, 0.2) is 0 Å². The molecule has 0 saturated heterocycles. The van der Waals surface area contributed by atoms with Crippen LogP contribution in [0.15, 0.2) is 30.3 Å². The van der Waals surface area contributed by atoms with E-state index in [4.69, 9.17) is 0 Å². The van der Waals surface area contributed by atoms with E-state index in [-0.39, 0.29) is 12.4 Å². The molecule has 0 fully saturated rings. The second-order valence-electron chi connectivity index (χ2n) is 3.94. The molecular weight excluding hydrogens is 238 g/mol. The van der Waals surface area contributed by atoms with Gasteiger partial charge in [0.05, 0.1) is 18.4 Å². The minimum Gasteiger partial charge on any atom is -0.394 e. The van der Waals surface area contributed by atoms with Crippen molar-refractivity contribution in [2.45, 2.75) is 25.8 Å². The van der Waals surface area contributed by atoms with Crippen LogP contribution in [0.5, 0.6) is 0 Å². The molecule has 4 nitrogen and oxygen atoms in total. The summed E-state index contributed by atoms with van der Waals surface area (Å²) in [6.07, 6.45) is 1.46. The third-order valence-corrected chi connectivity index (χ3v) is 3.94. The van der Waals surface area contributed by atoms with E-state index in [2.05, 4.69) is 4.72 Å². The largest absolute Gasteiger partial charge is 0.394 e. The highest BCUT2D eigenvalue weighted by atomic mass is 32.2. The molecule has 96 valence electrons. The van der Waals surface area contributed by atoms with Gasteiger partial charge in [-0.05, 0) is 12.0 Å². The summed E-state index contributed by atoms with van der Waals surface area (Å²) in [5, 5.41) is 9.24. The highest BCUT2D eigenvalue weighted by molar-refractivity contribution is 7.89. The lowest BCUT2D eigenvalue weighted by molar-refractivity contribution is 0.259. The van der Waals surface area contributed by atoms with Crippen LogP contribution in [0.4, 0.5) is 0 Å². The van der Waals surface area contributed by atoms with Gasteiger partial charge < -0.3 is 5.11 Å². The molecule has 0 bridgehead atoms. The topological polar surface area (TPSA) is 66.4 Å². The Kier molecular flexibility index (Phi) is 5.61. The molecule has 1 atom stereocenters. The molecule has 0 radical (unpaired) electrons. The van der Waals surface area contributed by atoms with Crippen molar-refractivity contribution in [1.82, 2.24) is 4.72 Å². The van der Waals surface area contributed by atoms with Crippen LogP contribution in [0.1, 0.15) is 31.4 Å². The van der Waals surface area contributed by atoms with Crippen LogP contribution < -0.4 is 4.72 Å². The van der Waals surface area contributed by atoms with Gasteiger partial charge in [-0.15, -0.1) is 0 Å². The molecule has 0 heterocycles.